The van der Waals surface area contributed by atoms with Gasteiger partial charge in [-0.05, 0) is 17.5 Å². The molecule has 0 N–H and O–H groups in total. The van der Waals surface area contributed by atoms with E-state index < -0.39 is 6.10 Å². The minimum absolute atomic E-state index is 0. The summed E-state index contributed by atoms with van der Waals surface area (Å²) < 4.78 is 0. The predicted octanol–water partition coefficient (Wildman–Crippen LogP) is -0.955. The summed E-state index contributed by atoms with van der Waals surface area (Å²) in [7, 11) is 0. The molecule has 16 heavy (non-hydrogen) atoms. The Morgan fingerprint density at radius 3 is 1.75 bits per heavy atom. The van der Waals surface area contributed by atoms with Gasteiger partial charge in [-0.3, -0.25) is 0 Å². The van der Waals surface area contributed by atoms with E-state index >= 15 is 0 Å². The third-order valence-corrected chi connectivity index (χ3v) is 3.06. The van der Waals surface area contributed by atoms with Gasteiger partial charge in [0.05, 0.1) is 0 Å². The Morgan fingerprint density at radius 2 is 1.25 bits per heavy atom. The zero-order chi connectivity index (χ0) is 10.3. The summed E-state index contributed by atoms with van der Waals surface area (Å²) in [5.41, 5.74) is 4.24. The van der Waals surface area contributed by atoms with Gasteiger partial charge >= 0.3 is 18.9 Å². The van der Waals surface area contributed by atoms with Crippen LogP contribution in [-0.4, -0.2) is 0 Å². The van der Waals surface area contributed by atoms with Crippen LogP contribution in [0.25, 0.3) is 0 Å². The summed E-state index contributed by atoms with van der Waals surface area (Å²) >= 11 is 0. The van der Waals surface area contributed by atoms with Crippen molar-refractivity contribution in [2.75, 3.05) is 0 Å². The fraction of sp³-hybridized carbons (Fsp3) is 0.143. The topological polar surface area (TPSA) is 23.1 Å². The summed E-state index contributed by atoms with van der Waals surface area (Å²) in [5, 5.41) is 12.2. The molecule has 3 rings (SSSR count). The molecular formula is C14H11LiO. The summed E-state index contributed by atoms with van der Waals surface area (Å²) in [6, 6.07) is 15.9. The molecule has 0 heterocycles. The van der Waals surface area contributed by atoms with Gasteiger partial charge in [0.1, 0.15) is 0 Å². The average Bonchev–Trinajstić information content (AvgIpc) is 2.30. The summed E-state index contributed by atoms with van der Waals surface area (Å²) in [6.07, 6.45) is 0.191. The maximum atomic E-state index is 12.2. The molecule has 0 unspecified atom stereocenters. The number of hydrogen-bond acceptors (Lipinski definition) is 1. The molecule has 0 saturated heterocycles. The Morgan fingerprint density at radius 1 is 0.812 bits per heavy atom. The van der Waals surface area contributed by atoms with Crippen LogP contribution in [0.4, 0.5) is 0 Å². The van der Waals surface area contributed by atoms with Gasteiger partial charge in [0, 0.05) is 0 Å². The normalized spacial score (nSPS) is 13.6. The van der Waals surface area contributed by atoms with Crippen molar-refractivity contribution in [1.82, 2.24) is 0 Å². The second-order valence-corrected chi connectivity index (χ2v) is 3.95. The van der Waals surface area contributed by atoms with E-state index in [1.54, 1.807) is 0 Å². The molecule has 0 atom stereocenters. The van der Waals surface area contributed by atoms with E-state index in [-0.39, 0.29) is 18.9 Å². The summed E-state index contributed by atoms with van der Waals surface area (Å²) in [6.45, 7) is 0. The molecule has 0 saturated carbocycles. The Balaban J connectivity index is 0.000000963. The van der Waals surface area contributed by atoms with Crippen LogP contribution in [0.3, 0.4) is 0 Å². The number of fused-ring (bicyclic) bond motifs is 2. The second kappa shape index (κ2) is 4.47. The first-order chi connectivity index (χ1) is 7.36. The van der Waals surface area contributed by atoms with Crippen LogP contribution >= 0.6 is 0 Å². The van der Waals surface area contributed by atoms with Crippen LogP contribution < -0.4 is 24.0 Å². The molecule has 0 aromatic heterocycles. The maximum Gasteiger partial charge on any atom is 1.00 e. The largest absolute Gasteiger partial charge is 1.00 e. The standard InChI is InChI=1S/C14H11O.Li/c15-14-12-7-3-1-5-10(12)9-11-6-2-4-8-13(11)14;/h1-8,14H,9H2;/q-1;+1. The van der Waals surface area contributed by atoms with Gasteiger partial charge in [0.2, 0.25) is 0 Å². The van der Waals surface area contributed by atoms with E-state index in [1.807, 2.05) is 36.4 Å². The first kappa shape index (κ1) is 11.5. The van der Waals surface area contributed by atoms with Crippen LogP contribution in [-0.2, 0) is 6.42 Å². The number of benzene rings is 2. The smallest absolute Gasteiger partial charge is 0.845 e. The van der Waals surface area contributed by atoms with Gasteiger partial charge in [0.25, 0.3) is 0 Å². The van der Waals surface area contributed by atoms with Crippen molar-refractivity contribution in [3.05, 3.63) is 70.8 Å². The molecule has 0 bridgehead atoms. The first-order valence-corrected chi connectivity index (χ1v) is 5.17. The van der Waals surface area contributed by atoms with Crippen LogP contribution in [0.5, 0.6) is 0 Å². The zero-order valence-corrected chi connectivity index (χ0v) is 9.31. The van der Waals surface area contributed by atoms with Crippen LogP contribution in [0.15, 0.2) is 48.5 Å². The van der Waals surface area contributed by atoms with Gasteiger partial charge in [-0.2, -0.15) is 0 Å². The molecule has 0 spiro atoms. The van der Waals surface area contributed by atoms with Crippen molar-refractivity contribution in [2.45, 2.75) is 12.5 Å². The van der Waals surface area contributed by atoms with E-state index in [0.717, 1.165) is 17.5 Å². The van der Waals surface area contributed by atoms with Crippen LogP contribution in [0, 0.1) is 0 Å². The second-order valence-electron chi connectivity index (χ2n) is 3.95. The Hall–Kier alpha value is -1.00. The minimum Gasteiger partial charge on any atom is -0.845 e. The van der Waals surface area contributed by atoms with Gasteiger partial charge < -0.3 is 5.11 Å². The Bertz CT molecular complexity index is 462. The van der Waals surface area contributed by atoms with Crippen LogP contribution in [0.1, 0.15) is 28.4 Å². The molecule has 0 amide bonds. The molecule has 1 nitrogen and oxygen atoms in total. The van der Waals surface area contributed by atoms with Crippen molar-refractivity contribution in [3.63, 3.8) is 0 Å². The third-order valence-electron chi connectivity index (χ3n) is 3.06. The molecule has 0 radical (unpaired) electrons. The molecular weight excluding hydrogens is 191 g/mol. The van der Waals surface area contributed by atoms with Crippen molar-refractivity contribution in [1.29, 1.82) is 0 Å². The monoisotopic (exact) mass is 202 g/mol. The molecule has 2 aromatic carbocycles. The minimum atomic E-state index is -0.703. The predicted molar refractivity (Wildman–Crippen MR) is 57.5 cm³/mol. The molecule has 2 heteroatoms. The quantitative estimate of drug-likeness (QED) is 0.505. The summed E-state index contributed by atoms with van der Waals surface area (Å²) in [4.78, 5) is 0. The fourth-order valence-electron chi connectivity index (χ4n) is 2.27. The molecule has 0 fully saturated rings. The molecule has 0 aliphatic heterocycles. The van der Waals surface area contributed by atoms with Gasteiger partial charge in [-0.25, -0.2) is 0 Å². The van der Waals surface area contributed by atoms with E-state index in [9.17, 15) is 5.11 Å². The fourth-order valence-corrected chi connectivity index (χ4v) is 2.27. The van der Waals surface area contributed by atoms with Crippen molar-refractivity contribution >= 4 is 0 Å². The van der Waals surface area contributed by atoms with Gasteiger partial charge in [-0.15, -0.1) is 0 Å². The Labute approximate surface area is 107 Å². The number of rotatable bonds is 0. The van der Waals surface area contributed by atoms with Gasteiger partial charge in [-0.1, -0.05) is 65.8 Å². The van der Waals surface area contributed by atoms with Gasteiger partial charge in [0.15, 0.2) is 0 Å². The van der Waals surface area contributed by atoms with Crippen molar-refractivity contribution in [2.24, 2.45) is 0 Å². The SMILES string of the molecule is [Li+].[O-]C1c2ccccc2Cc2ccccc21. The van der Waals surface area contributed by atoms with E-state index in [2.05, 4.69) is 12.1 Å². The molecule has 1 aliphatic carbocycles. The van der Waals surface area contributed by atoms with Crippen molar-refractivity contribution < 1.29 is 24.0 Å². The van der Waals surface area contributed by atoms with E-state index in [0.29, 0.717) is 0 Å². The van der Waals surface area contributed by atoms with E-state index in [4.69, 9.17) is 0 Å². The van der Waals surface area contributed by atoms with E-state index in [1.165, 1.54) is 11.1 Å². The zero-order valence-electron chi connectivity index (χ0n) is 9.31. The Kier molecular flexibility index (Phi) is 3.21. The number of hydrogen-bond donors (Lipinski definition) is 0. The molecule has 2 aromatic rings. The molecule has 74 valence electrons. The first-order valence-electron chi connectivity index (χ1n) is 5.17. The molecule has 1 aliphatic rings. The average molecular weight is 202 g/mol. The third kappa shape index (κ3) is 1.72. The maximum absolute atomic E-state index is 12.2. The van der Waals surface area contributed by atoms with Crippen molar-refractivity contribution in [3.8, 4) is 0 Å². The van der Waals surface area contributed by atoms with Crippen LogP contribution in [0.2, 0.25) is 0 Å². The summed E-state index contributed by atoms with van der Waals surface area (Å²) in [5.74, 6) is 0.